The van der Waals surface area contributed by atoms with Crippen LogP contribution >= 0.6 is 34.8 Å². The molecule has 0 aromatic heterocycles. The average molecular weight is 667 g/mol. The zero-order valence-corrected chi connectivity index (χ0v) is 27.9. The molecule has 2 amide bonds. The fraction of sp³-hybridized carbons (Fsp3) is 0.375. The van der Waals surface area contributed by atoms with Crippen LogP contribution in [0.5, 0.6) is 0 Å². The van der Waals surface area contributed by atoms with Gasteiger partial charge >= 0.3 is 0 Å². The predicted molar refractivity (Wildman–Crippen MR) is 176 cm³/mol. The molecule has 11 heteroatoms. The van der Waals surface area contributed by atoms with E-state index >= 15 is 0 Å². The van der Waals surface area contributed by atoms with Crippen LogP contribution in [0.2, 0.25) is 15.1 Å². The Kier molecular flexibility index (Phi) is 12.8. The molecule has 0 saturated heterocycles. The fourth-order valence-corrected chi connectivity index (χ4v) is 6.40. The Hall–Kier alpha value is -2.78. The highest BCUT2D eigenvalue weighted by molar-refractivity contribution is 7.92. The number of benzene rings is 3. The number of anilines is 1. The highest BCUT2D eigenvalue weighted by Gasteiger charge is 2.32. The van der Waals surface area contributed by atoms with Crippen LogP contribution in [0.15, 0.2) is 66.7 Å². The Balaban J connectivity index is 1.95. The first-order valence-electron chi connectivity index (χ1n) is 14.1. The van der Waals surface area contributed by atoms with E-state index in [2.05, 4.69) is 5.32 Å². The summed E-state index contributed by atoms with van der Waals surface area (Å²) in [5, 5.41) is 4.23. The van der Waals surface area contributed by atoms with Crippen molar-refractivity contribution in [3.63, 3.8) is 0 Å². The summed E-state index contributed by atoms with van der Waals surface area (Å²) in [6.07, 6.45) is 2.30. The lowest BCUT2D eigenvalue weighted by Crippen LogP contribution is -2.52. The molecule has 3 aromatic carbocycles. The molecule has 232 valence electrons. The molecule has 0 aliphatic rings. The molecular weight excluding hydrogens is 629 g/mol. The van der Waals surface area contributed by atoms with Crippen molar-refractivity contribution in [3.05, 3.63) is 98.5 Å². The van der Waals surface area contributed by atoms with Crippen molar-refractivity contribution in [2.45, 2.75) is 65.1 Å². The van der Waals surface area contributed by atoms with E-state index in [1.54, 1.807) is 43.3 Å². The maximum Gasteiger partial charge on any atom is 0.243 e. The normalized spacial score (nSPS) is 12.8. The lowest BCUT2D eigenvalue weighted by molar-refractivity contribution is -0.141. The molecule has 3 rings (SSSR count). The maximum absolute atomic E-state index is 14.0. The Morgan fingerprint density at radius 3 is 2.12 bits per heavy atom. The van der Waals surface area contributed by atoms with Gasteiger partial charge in [0.1, 0.15) is 6.04 Å². The summed E-state index contributed by atoms with van der Waals surface area (Å²) >= 11 is 19.3. The topological polar surface area (TPSA) is 86.8 Å². The summed E-state index contributed by atoms with van der Waals surface area (Å²) in [5.74, 6) is -0.616. The average Bonchev–Trinajstić information content (AvgIpc) is 2.95. The zero-order chi connectivity index (χ0) is 31.7. The molecule has 0 radical (unpaired) electrons. The van der Waals surface area contributed by atoms with Crippen LogP contribution in [0.3, 0.4) is 0 Å². The van der Waals surface area contributed by atoms with Gasteiger partial charge in [0.25, 0.3) is 0 Å². The molecule has 0 heterocycles. The van der Waals surface area contributed by atoms with Crippen molar-refractivity contribution in [2.75, 3.05) is 17.1 Å². The molecule has 0 aliphatic carbocycles. The molecule has 0 unspecified atom stereocenters. The first-order valence-corrected chi connectivity index (χ1v) is 17.1. The highest BCUT2D eigenvalue weighted by Crippen LogP contribution is 2.30. The molecule has 0 saturated carbocycles. The number of amides is 2. The summed E-state index contributed by atoms with van der Waals surface area (Å²) in [5.41, 5.74) is 2.49. The third-order valence-corrected chi connectivity index (χ3v) is 9.62. The van der Waals surface area contributed by atoms with Crippen LogP contribution in [-0.4, -0.2) is 50.0 Å². The molecule has 2 atom stereocenters. The first kappa shape index (κ1) is 34.7. The van der Waals surface area contributed by atoms with Gasteiger partial charge in [-0.3, -0.25) is 13.9 Å². The number of sulfonamides is 1. The molecule has 0 fully saturated rings. The Morgan fingerprint density at radius 1 is 0.907 bits per heavy atom. The monoisotopic (exact) mass is 665 g/mol. The second-order valence-corrected chi connectivity index (χ2v) is 13.7. The molecule has 3 aromatic rings. The highest BCUT2D eigenvalue weighted by atomic mass is 35.5. The minimum atomic E-state index is -3.67. The van der Waals surface area contributed by atoms with Crippen LogP contribution in [0.25, 0.3) is 0 Å². The second kappa shape index (κ2) is 15.8. The van der Waals surface area contributed by atoms with Crippen LogP contribution in [0.1, 0.15) is 49.8 Å². The molecule has 7 nitrogen and oxygen atoms in total. The third kappa shape index (κ3) is 9.60. The second-order valence-electron chi connectivity index (χ2n) is 10.6. The number of carbonyl (C=O) groups excluding carboxylic acids is 2. The van der Waals surface area contributed by atoms with Crippen molar-refractivity contribution in [1.82, 2.24) is 10.2 Å². The Labute approximate surface area is 270 Å². The Bertz CT molecular complexity index is 1500. The maximum atomic E-state index is 14.0. The van der Waals surface area contributed by atoms with Crippen LogP contribution in [0, 0.1) is 6.92 Å². The lowest BCUT2D eigenvalue weighted by Gasteiger charge is -2.33. The van der Waals surface area contributed by atoms with E-state index < -0.39 is 16.1 Å². The van der Waals surface area contributed by atoms with Crippen molar-refractivity contribution >= 4 is 62.3 Å². The standard InChI is InChI=1S/C32H38Cl3N3O4S/c1-5-22(2)36-32(40)30(20-24-12-7-6-8-13-24)37(21-25-27(34)15-9-16-28(25)35)31(39)18-11-19-38(43(4,41)42)29-17-10-14-26(33)23(29)3/h6-10,12-17,22,30H,5,11,18-21H2,1-4H3,(H,36,40)/t22-,30+/m1/s1. The van der Waals surface area contributed by atoms with E-state index in [1.165, 1.54) is 9.21 Å². The molecule has 1 N–H and O–H groups in total. The summed E-state index contributed by atoms with van der Waals surface area (Å²) in [6.45, 7) is 5.69. The van der Waals surface area contributed by atoms with Gasteiger partial charge in [-0.1, -0.05) is 84.2 Å². The van der Waals surface area contributed by atoms with Crippen LogP contribution < -0.4 is 9.62 Å². The molecule has 0 aliphatic heterocycles. The van der Waals surface area contributed by atoms with Crippen molar-refractivity contribution in [1.29, 1.82) is 0 Å². The van der Waals surface area contributed by atoms with Gasteiger partial charge in [-0.2, -0.15) is 0 Å². The van der Waals surface area contributed by atoms with Gasteiger partial charge in [0.05, 0.1) is 11.9 Å². The van der Waals surface area contributed by atoms with Gasteiger partial charge in [-0.05, 0) is 62.1 Å². The zero-order valence-electron chi connectivity index (χ0n) is 24.8. The SMILES string of the molecule is CC[C@@H](C)NC(=O)[C@H](Cc1ccccc1)N(Cc1c(Cl)cccc1Cl)C(=O)CCCN(c1cccc(Cl)c1C)S(C)(=O)=O. The third-order valence-electron chi connectivity index (χ3n) is 7.32. The van der Waals surface area contributed by atoms with Gasteiger partial charge in [0.2, 0.25) is 21.8 Å². The van der Waals surface area contributed by atoms with E-state index in [1.807, 2.05) is 44.2 Å². The number of hydrogen-bond acceptors (Lipinski definition) is 4. The number of hydrogen-bond donors (Lipinski definition) is 1. The fourth-order valence-electron chi connectivity index (χ4n) is 4.70. The van der Waals surface area contributed by atoms with E-state index in [9.17, 15) is 18.0 Å². The summed E-state index contributed by atoms with van der Waals surface area (Å²) in [4.78, 5) is 29.2. The number of nitrogens with one attached hydrogen (secondary N) is 1. The Morgan fingerprint density at radius 2 is 1.51 bits per heavy atom. The van der Waals surface area contributed by atoms with Crippen molar-refractivity contribution < 1.29 is 18.0 Å². The van der Waals surface area contributed by atoms with Gasteiger partial charge in [-0.25, -0.2) is 8.42 Å². The number of carbonyl (C=O) groups is 2. The lowest BCUT2D eigenvalue weighted by atomic mass is 10.0. The van der Waals surface area contributed by atoms with Gasteiger partial charge < -0.3 is 10.2 Å². The summed E-state index contributed by atoms with van der Waals surface area (Å²) in [7, 11) is -3.67. The number of halogens is 3. The minimum absolute atomic E-state index is 0.00591. The van der Waals surface area contributed by atoms with Crippen LogP contribution in [-0.2, 0) is 32.6 Å². The summed E-state index contributed by atoms with van der Waals surface area (Å²) < 4.78 is 26.8. The van der Waals surface area contributed by atoms with E-state index in [-0.39, 0.29) is 50.2 Å². The van der Waals surface area contributed by atoms with E-state index in [4.69, 9.17) is 34.8 Å². The minimum Gasteiger partial charge on any atom is -0.352 e. The molecule has 0 bridgehead atoms. The first-order chi connectivity index (χ1) is 20.3. The van der Waals surface area contributed by atoms with Crippen molar-refractivity contribution in [3.8, 4) is 0 Å². The van der Waals surface area contributed by atoms with Gasteiger partial charge in [0, 0.05) is 52.6 Å². The summed E-state index contributed by atoms with van der Waals surface area (Å²) in [6, 6.07) is 18.7. The molecule has 0 spiro atoms. The quantitative estimate of drug-likeness (QED) is 0.200. The van der Waals surface area contributed by atoms with Gasteiger partial charge in [-0.15, -0.1) is 0 Å². The number of nitrogens with zero attached hydrogens (tertiary/aromatic N) is 2. The largest absolute Gasteiger partial charge is 0.352 e. The van der Waals surface area contributed by atoms with Gasteiger partial charge in [0.15, 0.2) is 0 Å². The van der Waals surface area contributed by atoms with Crippen molar-refractivity contribution in [2.24, 2.45) is 0 Å². The van der Waals surface area contributed by atoms with E-state index in [0.717, 1.165) is 18.2 Å². The number of rotatable bonds is 14. The van der Waals surface area contributed by atoms with E-state index in [0.29, 0.717) is 31.9 Å². The smallest absolute Gasteiger partial charge is 0.243 e. The molecule has 43 heavy (non-hydrogen) atoms. The predicted octanol–water partition coefficient (Wildman–Crippen LogP) is 7.06. The molecular formula is C32H38Cl3N3O4S. The van der Waals surface area contributed by atoms with Crippen LogP contribution in [0.4, 0.5) is 5.69 Å².